The number of hydrogen-bond acceptors (Lipinski definition) is 5. The molecule has 0 unspecified atom stereocenters. The summed E-state index contributed by atoms with van der Waals surface area (Å²) in [4.78, 5) is 11.7. The zero-order chi connectivity index (χ0) is 22.8. The van der Waals surface area contributed by atoms with Gasteiger partial charge in [0.1, 0.15) is 17.6 Å². The summed E-state index contributed by atoms with van der Waals surface area (Å²) in [6, 6.07) is 13.7. The monoisotopic (exact) mass is 449 g/mol. The lowest BCUT2D eigenvalue weighted by atomic mass is 10.1. The molecule has 3 N–H and O–H groups in total. The van der Waals surface area contributed by atoms with Crippen molar-refractivity contribution >= 4 is 22.7 Å². The second-order valence-electron chi connectivity index (χ2n) is 8.87. The number of carbonyl (C=O) groups is 1. The second-order valence-corrected chi connectivity index (χ2v) is 8.87. The van der Waals surface area contributed by atoms with Crippen molar-refractivity contribution in [3.05, 3.63) is 42.5 Å². The minimum atomic E-state index is -0.454. The molecule has 33 heavy (non-hydrogen) atoms. The highest BCUT2D eigenvalue weighted by atomic mass is 16.6. The molecule has 1 saturated carbocycles. The third-order valence-corrected chi connectivity index (χ3v) is 6.34. The van der Waals surface area contributed by atoms with Gasteiger partial charge in [0.2, 0.25) is 0 Å². The Morgan fingerprint density at radius 3 is 2.52 bits per heavy atom. The molecule has 1 aliphatic carbocycles. The molecule has 174 valence electrons. The predicted molar refractivity (Wildman–Crippen MR) is 129 cm³/mol. The van der Waals surface area contributed by atoms with Gasteiger partial charge in [-0.2, -0.15) is 0 Å². The second kappa shape index (κ2) is 9.35. The fourth-order valence-corrected chi connectivity index (χ4v) is 4.44. The van der Waals surface area contributed by atoms with Gasteiger partial charge >= 0.3 is 6.09 Å². The predicted octanol–water partition coefficient (Wildman–Crippen LogP) is 4.97. The molecule has 7 nitrogen and oxygen atoms in total. The van der Waals surface area contributed by atoms with Gasteiger partial charge in [0.05, 0.1) is 30.1 Å². The summed E-state index contributed by atoms with van der Waals surface area (Å²) in [5, 5.41) is 3.67. The maximum atomic E-state index is 11.7. The topological polar surface area (TPSA) is 87.7 Å². The van der Waals surface area contributed by atoms with E-state index in [0.717, 1.165) is 66.2 Å². The standard InChI is InChI=1S/C26H31N3O4/c1-2-28-26(30)33-19-7-5-18(6-8-19)25-24(27)22-10-9-21(32-20-11-13-31-14-12-20)15-23(22)29(25)16-17-3-4-17/h5-10,15,17,20H,2-4,11-14,16,27H2,1H3,(H,28,30). The maximum Gasteiger partial charge on any atom is 0.412 e. The number of rotatable bonds is 7. The fraction of sp³-hybridized carbons (Fsp3) is 0.423. The number of aromatic nitrogens is 1. The van der Waals surface area contributed by atoms with Crippen molar-refractivity contribution < 1.29 is 19.0 Å². The molecule has 0 atom stereocenters. The summed E-state index contributed by atoms with van der Waals surface area (Å²) >= 11 is 0. The zero-order valence-electron chi connectivity index (χ0n) is 19.0. The van der Waals surface area contributed by atoms with Crippen molar-refractivity contribution in [2.45, 2.75) is 45.3 Å². The molecule has 1 aromatic heterocycles. The number of ether oxygens (including phenoxy) is 3. The average Bonchev–Trinajstić information content (AvgIpc) is 3.60. The summed E-state index contributed by atoms with van der Waals surface area (Å²) in [7, 11) is 0. The van der Waals surface area contributed by atoms with Gasteiger partial charge in [0, 0.05) is 42.9 Å². The molecule has 5 rings (SSSR count). The van der Waals surface area contributed by atoms with Crippen molar-refractivity contribution in [3.63, 3.8) is 0 Å². The van der Waals surface area contributed by atoms with E-state index in [4.69, 9.17) is 19.9 Å². The third-order valence-electron chi connectivity index (χ3n) is 6.34. The molecule has 2 aliphatic rings. The van der Waals surface area contributed by atoms with Gasteiger partial charge in [-0.25, -0.2) is 4.79 Å². The molecule has 2 aromatic carbocycles. The summed E-state index contributed by atoms with van der Waals surface area (Å²) in [6.07, 6.45) is 4.06. The normalized spacial score (nSPS) is 16.6. The number of carbonyl (C=O) groups excluding carboxylic acids is 1. The van der Waals surface area contributed by atoms with Crippen LogP contribution in [0.5, 0.6) is 11.5 Å². The van der Waals surface area contributed by atoms with Crippen LogP contribution in [0.3, 0.4) is 0 Å². The van der Waals surface area contributed by atoms with Crippen LogP contribution in [0.15, 0.2) is 42.5 Å². The number of hydrogen-bond donors (Lipinski definition) is 2. The van der Waals surface area contributed by atoms with Gasteiger partial charge in [-0.3, -0.25) is 0 Å². The van der Waals surface area contributed by atoms with Crippen LogP contribution in [-0.2, 0) is 11.3 Å². The SMILES string of the molecule is CCNC(=O)Oc1ccc(-c2c(N)c3ccc(OC4CCOCC4)cc3n2CC2CC2)cc1. The Hall–Kier alpha value is -3.19. The molecule has 7 heteroatoms. The quantitative estimate of drug-likeness (QED) is 0.532. The first-order valence-corrected chi connectivity index (χ1v) is 11.8. The Labute approximate surface area is 193 Å². The number of fused-ring (bicyclic) bond motifs is 1. The van der Waals surface area contributed by atoms with Gasteiger partial charge in [0.15, 0.2) is 0 Å². The van der Waals surface area contributed by atoms with Gasteiger partial charge in [-0.15, -0.1) is 0 Å². The number of amides is 1. The summed E-state index contributed by atoms with van der Waals surface area (Å²) in [6.45, 7) is 4.81. The third kappa shape index (κ3) is 4.78. The van der Waals surface area contributed by atoms with E-state index in [1.54, 1.807) is 0 Å². The van der Waals surface area contributed by atoms with E-state index < -0.39 is 6.09 Å². The van der Waals surface area contributed by atoms with Crippen LogP contribution >= 0.6 is 0 Å². The van der Waals surface area contributed by atoms with Crippen LogP contribution in [0.4, 0.5) is 10.5 Å². The van der Waals surface area contributed by atoms with E-state index in [-0.39, 0.29) is 6.10 Å². The summed E-state index contributed by atoms with van der Waals surface area (Å²) in [5.74, 6) is 2.06. The van der Waals surface area contributed by atoms with Crippen LogP contribution < -0.4 is 20.5 Å². The number of benzene rings is 2. The highest BCUT2D eigenvalue weighted by Crippen LogP contribution is 2.41. The smallest absolute Gasteiger partial charge is 0.412 e. The van der Waals surface area contributed by atoms with Gasteiger partial charge in [-0.05, 0) is 62.1 Å². The lowest BCUT2D eigenvalue weighted by molar-refractivity contribution is 0.0256. The van der Waals surface area contributed by atoms with Crippen LogP contribution in [-0.4, -0.2) is 36.5 Å². The van der Waals surface area contributed by atoms with E-state index in [1.807, 2.05) is 37.3 Å². The Morgan fingerprint density at radius 1 is 1.09 bits per heavy atom. The average molecular weight is 450 g/mol. The highest BCUT2D eigenvalue weighted by Gasteiger charge is 2.26. The molecular weight excluding hydrogens is 418 g/mol. The molecule has 3 aromatic rings. The first-order chi connectivity index (χ1) is 16.1. The maximum absolute atomic E-state index is 11.7. The van der Waals surface area contributed by atoms with Crippen LogP contribution in [0, 0.1) is 5.92 Å². The van der Waals surface area contributed by atoms with E-state index in [1.165, 1.54) is 12.8 Å². The summed E-state index contributed by atoms with van der Waals surface area (Å²) < 4.78 is 19.4. The van der Waals surface area contributed by atoms with E-state index in [2.05, 4.69) is 22.0 Å². The van der Waals surface area contributed by atoms with Crippen molar-refractivity contribution in [3.8, 4) is 22.8 Å². The number of nitrogens with zero attached hydrogens (tertiary/aromatic N) is 1. The molecule has 2 fully saturated rings. The van der Waals surface area contributed by atoms with E-state index in [0.29, 0.717) is 18.2 Å². The zero-order valence-corrected chi connectivity index (χ0v) is 19.0. The molecule has 2 heterocycles. The Bertz CT molecular complexity index is 1130. The molecule has 1 saturated heterocycles. The minimum Gasteiger partial charge on any atom is -0.490 e. The van der Waals surface area contributed by atoms with Crippen LogP contribution in [0.1, 0.15) is 32.6 Å². The van der Waals surface area contributed by atoms with Crippen molar-refractivity contribution in [2.24, 2.45) is 5.92 Å². The molecule has 1 aliphatic heterocycles. The van der Waals surface area contributed by atoms with Crippen molar-refractivity contribution in [2.75, 3.05) is 25.5 Å². The fourth-order valence-electron chi connectivity index (χ4n) is 4.44. The molecule has 0 spiro atoms. The van der Waals surface area contributed by atoms with Crippen molar-refractivity contribution in [1.82, 2.24) is 9.88 Å². The van der Waals surface area contributed by atoms with Gasteiger partial charge < -0.3 is 29.8 Å². The molecule has 0 radical (unpaired) electrons. The first-order valence-electron chi connectivity index (χ1n) is 11.8. The van der Waals surface area contributed by atoms with Crippen molar-refractivity contribution in [1.29, 1.82) is 0 Å². The lowest BCUT2D eigenvalue weighted by Crippen LogP contribution is -2.26. The minimum absolute atomic E-state index is 0.192. The Balaban J connectivity index is 1.48. The van der Waals surface area contributed by atoms with Crippen LogP contribution in [0.2, 0.25) is 0 Å². The summed E-state index contributed by atoms with van der Waals surface area (Å²) in [5.41, 5.74) is 10.6. The van der Waals surface area contributed by atoms with Gasteiger partial charge in [-0.1, -0.05) is 0 Å². The van der Waals surface area contributed by atoms with Crippen LogP contribution in [0.25, 0.3) is 22.2 Å². The highest BCUT2D eigenvalue weighted by molar-refractivity contribution is 6.01. The molecule has 1 amide bonds. The molecular formula is C26H31N3O4. The van der Waals surface area contributed by atoms with Gasteiger partial charge in [0.25, 0.3) is 0 Å². The largest absolute Gasteiger partial charge is 0.490 e. The number of nitrogens with one attached hydrogen (secondary N) is 1. The van der Waals surface area contributed by atoms with E-state index in [9.17, 15) is 4.79 Å². The Morgan fingerprint density at radius 2 is 1.82 bits per heavy atom. The molecule has 0 bridgehead atoms. The number of anilines is 1. The Kier molecular flexibility index (Phi) is 6.13. The first kappa shape index (κ1) is 21.6. The number of nitrogen functional groups attached to an aromatic ring is 1. The number of nitrogens with two attached hydrogens (primary N) is 1. The lowest BCUT2D eigenvalue weighted by Gasteiger charge is -2.23. The van der Waals surface area contributed by atoms with E-state index >= 15 is 0 Å².